The van der Waals surface area contributed by atoms with Gasteiger partial charge in [0.1, 0.15) is 17.3 Å². The van der Waals surface area contributed by atoms with Crippen LogP contribution in [-0.2, 0) is 4.79 Å². The number of anilines is 1. The van der Waals surface area contributed by atoms with E-state index in [-0.39, 0.29) is 11.7 Å². The standard InChI is InChI=1S/C28H21F2N7O/c1-2-5-24(38)33-16-10-15(13-31-14-16)19-11-20-23(12-22(19)30)36-37-26(20)28-34-25-18(8-9-32-27(25)35-28)17-6-3-4-7-21(17)29/h3-4,6-14H,2,5H2,1H3,(H,33,38)(H,36,37)(H,32,34,35). The average molecular weight is 510 g/mol. The van der Waals surface area contributed by atoms with E-state index in [1.165, 1.54) is 24.5 Å². The van der Waals surface area contributed by atoms with Gasteiger partial charge in [0.05, 0.1) is 22.9 Å². The Bertz CT molecular complexity index is 1830. The van der Waals surface area contributed by atoms with Gasteiger partial charge >= 0.3 is 0 Å². The maximum atomic E-state index is 15.1. The third-order valence-corrected chi connectivity index (χ3v) is 6.24. The fraction of sp³-hybridized carbons (Fsp3) is 0.107. The van der Waals surface area contributed by atoms with E-state index in [9.17, 15) is 9.18 Å². The molecule has 0 saturated heterocycles. The Morgan fingerprint density at radius 1 is 1.00 bits per heavy atom. The van der Waals surface area contributed by atoms with Crippen molar-refractivity contribution in [3.63, 3.8) is 0 Å². The molecule has 0 radical (unpaired) electrons. The van der Waals surface area contributed by atoms with Crippen molar-refractivity contribution in [1.29, 1.82) is 0 Å². The highest BCUT2D eigenvalue weighted by Gasteiger charge is 2.19. The van der Waals surface area contributed by atoms with Gasteiger partial charge in [-0.15, -0.1) is 0 Å². The molecule has 4 aromatic heterocycles. The van der Waals surface area contributed by atoms with Gasteiger partial charge in [0.2, 0.25) is 5.91 Å². The third kappa shape index (κ3) is 4.15. The monoisotopic (exact) mass is 509 g/mol. The predicted octanol–water partition coefficient (Wildman–Crippen LogP) is 6.25. The minimum atomic E-state index is -0.473. The smallest absolute Gasteiger partial charge is 0.224 e. The van der Waals surface area contributed by atoms with E-state index in [0.717, 1.165) is 0 Å². The zero-order valence-electron chi connectivity index (χ0n) is 20.2. The first kappa shape index (κ1) is 23.4. The molecule has 38 heavy (non-hydrogen) atoms. The summed E-state index contributed by atoms with van der Waals surface area (Å²) in [5.41, 5.74) is 4.21. The molecule has 3 N–H and O–H groups in total. The predicted molar refractivity (Wildman–Crippen MR) is 141 cm³/mol. The number of hydrogen-bond acceptors (Lipinski definition) is 5. The number of hydrogen-bond donors (Lipinski definition) is 3. The number of rotatable bonds is 6. The lowest BCUT2D eigenvalue weighted by Gasteiger charge is -2.08. The van der Waals surface area contributed by atoms with Crippen LogP contribution in [0.2, 0.25) is 0 Å². The molecule has 8 nitrogen and oxygen atoms in total. The van der Waals surface area contributed by atoms with Crippen LogP contribution in [0.4, 0.5) is 14.5 Å². The highest BCUT2D eigenvalue weighted by atomic mass is 19.1. The number of benzene rings is 2. The van der Waals surface area contributed by atoms with E-state index in [1.807, 2.05) is 6.92 Å². The first-order valence-corrected chi connectivity index (χ1v) is 12.0. The Hall–Kier alpha value is -4.99. The summed E-state index contributed by atoms with van der Waals surface area (Å²) in [7, 11) is 0. The molecule has 0 bridgehead atoms. The number of fused-ring (bicyclic) bond motifs is 2. The Morgan fingerprint density at radius 3 is 2.71 bits per heavy atom. The van der Waals surface area contributed by atoms with Crippen molar-refractivity contribution in [1.82, 2.24) is 30.1 Å². The SMILES string of the molecule is CCCC(=O)Nc1cncc(-c2cc3c(-c4nc5nccc(-c6ccccc6F)c5[nH]4)n[nH]c3cc2F)c1. The number of aromatic amines is 2. The number of imidazole rings is 1. The molecule has 0 aliphatic carbocycles. The Balaban J connectivity index is 1.44. The summed E-state index contributed by atoms with van der Waals surface area (Å²) < 4.78 is 29.7. The van der Waals surface area contributed by atoms with Gasteiger partial charge in [0, 0.05) is 52.5 Å². The Labute approximate surface area is 215 Å². The summed E-state index contributed by atoms with van der Waals surface area (Å²) in [6.45, 7) is 1.92. The molecule has 4 heterocycles. The van der Waals surface area contributed by atoms with Crippen LogP contribution in [0.1, 0.15) is 19.8 Å². The van der Waals surface area contributed by atoms with Crippen molar-refractivity contribution in [2.45, 2.75) is 19.8 Å². The fourth-order valence-electron chi connectivity index (χ4n) is 4.47. The van der Waals surface area contributed by atoms with Gasteiger partial charge in [0.15, 0.2) is 11.5 Å². The molecule has 0 aliphatic rings. The number of nitrogens with zero attached hydrogens (tertiary/aromatic N) is 4. The van der Waals surface area contributed by atoms with Gasteiger partial charge in [0.25, 0.3) is 0 Å². The number of aromatic nitrogens is 6. The van der Waals surface area contributed by atoms with Crippen molar-refractivity contribution in [2.24, 2.45) is 0 Å². The molecule has 6 aromatic rings. The lowest BCUT2D eigenvalue weighted by Crippen LogP contribution is -2.10. The molecule has 10 heteroatoms. The second kappa shape index (κ2) is 9.47. The van der Waals surface area contributed by atoms with Crippen LogP contribution in [-0.4, -0.2) is 36.0 Å². The lowest BCUT2D eigenvalue weighted by atomic mass is 10.0. The maximum Gasteiger partial charge on any atom is 0.224 e. The first-order chi connectivity index (χ1) is 18.5. The largest absolute Gasteiger partial charge is 0.335 e. The molecule has 0 atom stereocenters. The zero-order valence-corrected chi connectivity index (χ0v) is 20.2. The van der Waals surface area contributed by atoms with Crippen molar-refractivity contribution in [3.05, 3.63) is 78.8 Å². The van der Waals surface area contributed by atoms with Crippen LogP contribution in [0.25, 0.3) is 55.8 Å². The van der Waals surface area contributed by atoms with Crippen LogP contribution in [0.3, 0.4) is 0 Å². The Morgan fingerprint density at radius 2 is 1.87 bits per heavy atom. The normalized spacial score (nSPS) is 11.3. The van der Waals surface area contributed by atoms with Crippen molar-refractivity contribution in [2.75, 3.05) is 5.32 Å². The van der Waals surface area contributed by atoms with E-state index in [2.05, 4.69) is 35.5 Å². The topological polar surface area (TPSA) is 112 Å². The summed E-state index contributed by atoms with van der Waals surface area (Å²) in [4.78, 5) is 28.3. The number of amides is 1. The number of nitrogens with one attached hydrogen (secondary N) is 3. The minimum Gasteiger partial charge on any atom is -0.335 e. The number of pyridine rings is 2. The van der Waals surface area contributed by atoms with Gasteiger partial charge in [-0.3, -0.25) is 14.9 Å². The molecule has 0 unspecified atom stereocenters. The molecule has 0 fully saturated rings. The van der Waals surface area contributed by atoms with Gasteiger partial charge < -0.3 is 10.3 Å². The van der Waals surface area contributed by atoms with Crippen molar-refractivity contribution < 1.29 is 13.6 Å². The van der Waals surface area contributed by atoms with E-state index in [4.69, 9.17) is 0 Å². The highest BCUT2D eigenvalue weighted by molar-refractivity contribution is 5.98. The summed E-state index contributed by atoms with van der Waals surface area (Å²) in [6.07, 6.45) is 5.72. The maximum absolute atomic E-state index is 15.1. The van der Waals surface area contributed by atoms with Crippen LogP contribution in [0, 0.1) is 11.6 Å². The molecule has 0 saturated carbocycles. The quantitative estimate of drug-likeness (QED) is 0.246. The van der Waals surface area contributed by atoms with Gasteiger partial charge in [-0.2, -0.15) is 5.10 Å². The number of carbonyl (C=O) groups excluding carboxylic acids is 1. The van der Waals surface area contributed by atoms with Crippen LogP contribution >= 0.6 is 0 Å². The second-order valence-corrected chi connectivity index (χ2v) is 8.83. The first-order valence-electron chi connectivity index (χ1n) is 12.0. The van der Waals surface area contributed by atoms with Crippen LogP contribution < -0.4 is 5.32 Å². The van der Waals surface area contributed by atoms with E-state index < -0.39 is 5.82 Å². The van der Waals surface area contributed by atoms with Gasteiger partial charge in [-0.25, -0.2) is 18.7 Å². The molecule has 1 amide bonds. The molecule has 2 aromatic carbocycles. The van der Waals surface area contributed by atoms with Gasteiger partial charge in [-0.1, -0.05) is 25.1 Å². The average Bonchev–Trinajstić information content (AvgIpc) is 3.52. The fourth-order valence-corrected chi connectivity index (χ4v) is 4.47. The Kier molecular flexibility index (Phi) is 5.83. The minimum absolute atomic E-state index is 0.132. The number of halogens is 2. The van der Waals surface area contributed by atoms with Crippen LogP contribution in [0.15, 0.2) is 67.1 Å². The number of H-pyrrole nitrogens is 2. The van der Waals surface area contributed by atoms with Crippen molar-refractivity contribution in [3.8, 4) is 33.8 Å². The molecule has 0 spiro atoms. The van der Waals surface area contributed by atoms with Crippen molar-refractivity contribution >= 4 is 33.7 Å². The van der Waals surface area contributed by atoms with E-state index in [1.54, 1.807) is 42.6 Å². The second-order valence-electron chi connectivity index (χ2n) is 8.83. The molecule has 6 rings (SSSR count). The summed E-state index contributed by atoms with van der Waals surface area (Å²) in [5, 5.41) is 10.6. The molecular formula is C28H21F2N7O. The highest BCUT2D eigenvalue weighted by Crippen LogP contribution is 2.34. The van der Waals surface area contributed by atoms with Gasteiger partial charge in [-0.05, 0) is 30.7 Å². The lowest BCUT2D eigenvalue weighted by molar-refractivity contribution is -0.116. The molecule has 188 valence electrons. The van der Waals surface area contributed by atoms with Crippen LogP contribution in [0.5, 0.6) is 0 Å². The summed E-state index contributed by atoms with van der Waals surface area (Å²) >= 11 is 0. The molecule has 0 aliphatic heterocycles. The van der Waals surface area contributed by atoms with E-state index in [0.29, 0.717) is 74.4 Å². The molecular weight excluding hydrogens is 488 g/mol. The zero-order chi connectivity index (χ0) is 26.2. The summed E-state index contributed by atoms with van der Waals surface area (Å²) in [6, 6.07) is 12.9. The van der Waals surface area contributed by atoms with E-state index >= 15 is 4.39 Å². The third-order valence-electron chi connectivity index (χ3n) is 6.24. The summed E-state index contributed by atoms with van der Waals surface area (Å²) in [5.74, 6) is -0.561. The number of carbonyl (C=O) groups is 1.